The van der Waals surface area contributed by atoms with E-state index in [2.05, 4.69) is 62.3 Å². The molecule has 3 fully saturated rings. The van der Waals surface area contributed by atoms with Crippen molar-refractivity contribution in [1.82, 2.24) is 45.0 Å². The zero-order valence-electron chi connectivity index (χ0n) is 37.9. The molecule has 0 atom stereocenters. The standard InChI is InChI=1S/C25H28N8.C23H27N7.C2H6/c1-18(26)16-21(27)30-23-17-24(32-22(31-23)9-8-19-6-3-2-4-7-19)33-14-10-20(11-15-33)25-28-12-5-13-29-25;1-17-13-22(28-27-17)25-21-14-23(30-15-19(16-30)29-11-5-6-12-29)26-20(24-21)10-9-18-7-3-2-4-8-18;1-2/h2-9,12-13,16-17,20H,10-11,14-15,26H2,1H3,(H2,27,30,31,32);2-4,7-10,13-14,19H,5-6,11-12,15-16H2,1H3,(H2,24,25,26,27,28);1-2H3/b9-8+,18-16-;10-9+;. The first-order chi connectivity index (χ1) is 31.8. The van der Waals surface area contributed by atoms with Gasteiger partial charge in [0.1, 0.15) is 29.1 Å². The van der Waals surface area contributed by atoms with Gasteiger partial charge >= 0.3 is 0 Å². The third-order valence-corrected chi connectivity index (χ3v) is 11.1. The fourth-order valence-electron chi connectivity index (χ4n) is 7.84. The molecule has 0 aliphatic carbocycles. The average Bonchev–Trinajstić information content (AvgIpc) is 4.00. The van der Waals surface area contributed by atoms with Crippen molar-refractivity contribution in [3.05, 3.63) is 143 Å². The van der Waals surface area contributed by atoms with E-state index in [9.17, 15) is 0 Å². The molecule has 0 spiro atoms. The number of aromatic nitrogens is 8. The number of anilines is 4. The first-order valence-electron chi connectivity index (χ1n) is 22.6. The van der Waals surface area contributed by atoms with Crippen LogP contribution in [0.3, 0.4) is 0 Å². The molecule has 0 bridgehead atoms. The van der Waals surface area contributed by atoms with Crippen molar-refractivity contribution in [3.8, 4) is 0 Å². The molecule has 65 heavy (non-hydrogen) atoms. The Hall–Kier alpha value is -7.26. The van der Waals surface area contributed by atoms with Crippen LogP contribution < -0.4 is 26.6 Å². The number of aryl methyl sites for hydroxylation is 1. The van der Waals surface area contributed by atoms with E-state index in [1.54, 1.807) is 25.4 Å². The quantitative estimate of drug-likeness (QED) is 0.0678. The van der Waals surface area contributed by atoms with Crippen LogP contribution in [0.5, 0.6) is 0 Å². The lowest BCUT2D eigenvalue weighted by Crippen LogP contribution is -2.59. The van der Waals surface area contributed by atoms with E-state index >= 15 is 0 Å². The van der Waals surface area contributed by atoms with E-state index in [1.807, 2.05) is 118 Å². The fraction of sp³-hybridized carbons (Fsp3) is 0.320. The third kappa shape index (κ3) is 13.4. The van der Waals surface area contributed by atoms with E-state index in [0.29, 0.717) is 41.0 Å². The van der Waals surface area contributed by atoms with Crippen molar-refractivity contribution in [3.63, 3.8) is 0 Å². The maximum Gasteiger partial charge on any atom is 0.160 e. The van der Waals surface area contributed by atoms with Crippen molar-refractivity contribution in [2.24, 2.45) is 16.5 Å². The molecule has 6 aromatic rings. The summed E-state index contributed by atoms with van der Waals surface area (Å²) in [6.07, 6.45) is 17.7. The molecular weight excluding hydrogens is 811 g/mol. The average molecular weight is 872 g/mol. The minimum atomic E-state index is 0.303. The molecule has 0 saturated carbocycles. The molecule has 3 aliphatic rings. The molecule has 0 amide bonds. The summed E-state index contributed by atoms with van der Waals surface area (Å²) in [5.41, 5.74) is 15.5. The maximum absolute atomic E-state index is 6.02. The Labute approximate surface area is 382 Å². The number of hydrogen-bond donors (Lipinski definition) is 4. The van der Waals surface area contributed by atoms with Gasteiger partial charge in [0, 0.05) is 80.1 Å². The molecule has 336 valence electrons. The maximum atomic E-state index is 6.02. The summed E-state index contributed by atoms with van der Waals surface area (Å²) in [5, 5.41) is 10.5. The van der Waals surface area contributed by atoms with Crippen molar-refractivity contribution in [1.29, 1.82) is 0 Å². The Morgan fingerprint density at radius 1 is 0.708 bits per heavy atom. The highest BCUT2D eigenvalue weighted by Gasteiger charge is 2.34. The minimum Gasteiger partial charge on any atom is -0.402 e. The summed E-state index contributed by atoms with van der Waals surface area (Å²) in [6, 6.07) is 28.6. The smallest absolute Gasteiger partial charge is 0.160 e. The van der Waals surface area contributed by atoms with Gasteiger partial charge in [-0.1, -0.05) is 86.7 Å². The number of H-pyrrole nitrogens is 1. The number of allylic oxidation sites excluding steroid dienone is 1. The number of benzene rings is 2. The van der Waals surface area contributed by atoms with Crippen molar-refractivity contribution < 1.29 is 0 Å². The number of nitrogens with zero attached hydrogens (tertiary/aromatic N) is 11. The van der Waals surface area contributed by atoms with Crippen LogP contribution in [0, 0.1) is 6.92 Å². The third-order valence-electron chi connectivity index (χ3n) is 11.1. The van der Waals surface area contributed by atoms with E-state index in [-0.39, 0.29) is 0 Å². The van der Waals surface area contributed by atoms with Gasteiger partial charge in [-0.25, -0.2) is 34.9 Å². The fourth-order valence-corrected chi connectivity index (χ4v) is 7.84. The highest BCUT2D eigenvalue weighted by Crippen LogP contribution is 2.30. The van der Waals surface area contributed by atoms with Gasteiger partial charge in [0.2, 0.25) is 0 Å². The number of aliphatic imine (C=N–C) groups is 1. The number of nitrogens with one attached hydrogen (secondary N) is 2. The van der Waals surface area contributed by atoms with Crippen molar-refractivity contribution in [2.45, 2.75) is 65.3 Å². The van der Waals surface area contributed by atoms with Gasteiger partial charge in [0.15, 0.2) is 23.3 Å². The number of piperidine rings is 1. The Kier molecular flexibility index (Phi) is 16.1. The first-order valence-corrected chi connectivity index (χ1v) is 22.6. The summed E-state index contributed by atoms with van der Waals surface area (Å²) >= 11 is 0. The Bertz CT molecular complexity index is 2510. The zero-order chi connectivity index (χ0) is 45.4. The van der Waals surface area contributed by atoms with Crippen LogP contribution in [0.4, 0.5) is 29.1 Å². The van der Waals surface area contributed by atoms with Crippen LogP contribution in [0.1, 0.15) is 86.7 Å². The molecule has 2 aromatic carbocycles. The van der Waals surface area contributed by atoms with Crippen LogP contribution in [-0.2, 0) is 0 Å². The highest BCUT2D eigenvalue weighted by atomic mass is 15.3. The number of amidine groups is 1. The van der Waals surface area contributed by atoms with E-state index in [4.69, 9.17) is 26.4 Å². The number of likely N-dealkylation sites (tertiary alicyclic amines) is 1. The van der Waals surface area contributed by atoms with E-state index < -0.39 is 0 Å². The summed E-state index contributed by atoms with van der Waals surface area (Å²) in [6.45, 7) is 14.0. The molecule has 9 rings (SSSR count). The number of hydrogen-bond acceptors (Lipinski definition) is 13. The predicted molar refractivity (Wildman–Crippen MR) is 265 cm³/mol. The second-order valence-electron chi connectivity index (χ2n) is 16.1. The number of nitrogens with two attached hydrogens (primary N) is 2. The molecule has 7 heterocycles. The van der Waals surface area contributed by atoms with E-state index in [1.165, 1.54) is 25.9 Å². The van der Waals surface area contributed by atoms with E-state index in [0.717, 1.165) is 84.9 Å². The monoisotopic (exact) mass is 872 g/mol. The van der Waals surface area contributed by atoms with Gasteiger partial charge in [0.25, 0.3) is 0 Å². The second-order valence-corrected chi connectivity index (χ2v) is 16.1. The molecule has 15 heteroatoms. The molecule has 3 saturated heterocycles. The van der Waals surface area contributed by atoms with Gasteiger partial charge in [-0.15, -0.1) is 0 Å². The second kappa shape index (κ2) is 22.9. The topological polar surface area (TPSA) is 192 Å². The SMILES string of the molecule is C/C(N)=C/C(N)=N\c1cc(N2CCC(c3ncccn3)CC2)nc(/C=C/c2ccccc2)n1.CC.Cc1cc(Nc2cc(N3CC(N4CCCC4)C3)nc(/C=C/c3ccccc3)n2)n[nH]1. The lowest BCUT2D eigenvalue weighted by Gasteiger charge is -2.44. The summed E-state index contributed by atoms with van der Waals surface area (Å²) in [4.78, 5) is 39.4. The lowest BCUT2D eigenvalue weighted by atomic mass is 9.96. The van der Waals surface area contributed by atoms with Gasteiger partial charge in [-0.05, 0) is 88.0 Å². The van der Waals surface area contributed by atoms with Crippen molar-refractivity contribution in [2.75, 3.05) is 54.4 Å². The molecule has 0 unspecified atom stereocenters. The Balaban J connectivity index is 0.000000187. The highest BCUT2D eigenvalue weighted by molar-refractivity contribution is 5.93. The minimum absolute atomic E-state index is 0.303. The molecule has 3 aliphatic heterocycles. The molecule has 6 N–H and O–H groups in total. The molecular formula is C50H61N15. The van der Waals surface area contributed by atoms with Gasteiger partial charge in [0.05, 0.1) is 0 Å². The van der Waals surface area contributed by atoms with Crippen LogP contribution >= 0.6 is 0 Å². The van der Waals surface area contributed by atoms with Crippen LogP contribution in [0.25, 0.3) is 24.3 Å². The Morgan fingerprint density at radius 3 is 1.89 bits per heavy atom. The van der Waals surface area contributed by atoms with Crippen LogP contribution in [-0.4, -0.2) is 96.1 Å². The summed E-state index contributed by atoms with van der Waals surface area (Å²) < 4.78 is 0. The van der Waals surface area contributed by atoms with Gasteiger partial charge in [-0.2, -0.15) is 5.10 Å². The molecule has 0 radical (unpaired) electrons. The number of aromatic amines is 1. The predicted octanol–water partition coefficient (Wildman–Crippen LogP) is 8.40. The zero-order valence-corrected chi connectivity index (χ0v) is 37.9. The first kappa shape index (κ1) is 45.8. The van der Waals surface area contributed by atoms with Crippen LogP contribution in [0.15, 0.2) is 114 Å². The molecule has 4 aromatic heterocycles. The lowest BCUT2D eigenvalue weighted by molar-refractivity contribution is 0.204. The molecule has 15 nitrogen and oxygen atoms in total. The summed E-state index contributed by atoms with van der Waals surface area (Å²) in [5.74, 6) is 6.63. The van der Waals surface area contributed by atoms with Crippen LogP contribution in [0.2, 0.25) is 0 Å². The van der Waals surface area contributed by atoms with Gasteiger partial charge < -0.3 is 26.6 Å². The summed E-state index contributed by atoms with van der Waals surface area (Å²) in [7, 11) is 0. The Morgan fingerprint density at radius 2 is 1.31 bits per heavy atom. The normalized spacial score (nSPS) is 16.2. The van der Waals surface area contributed by atoms with Crippen molar-refractivity contribution >= 4 is 59.2 Å². The van der Waals surface area contributed by atoms with Gasteiger partial charge in [-0.3, -0.25) is 10.00 Å². The number of rotatable bonds is 12. The largest absolute Gasteiger partial charge is 0.402 e.